The minimum absolute atomic E-state index is 0. The molecule has 1 saturated heterocycles. The minimum atomic E-state index is 0. The van der Waals surface area contributed by atoms with Crippen LogP contribution in [0, 0.1) is 17.8 Å². The number of likely N-dealkylation sites (tertiary alicyclic amines) is 1. The standard InChI is InChI=1S/C14H28N2.ClH/c1-3-12-5-4-6-13(7-12)9-16-8-11(2)14(15)10-16;/h11-14H,3-10,15H2,1-2H3;1H. The average molecular weight is 261 g/mol. The van der Waals surface area contributed by atoms with E-state index in [1.165, 1.54) is 45.2 Å². The van der Waals surface area contributed by atoms with Crippen LogP contribution in [0.2, 0.25) is 0 Å². The Morgan fingerprint density at radius 2 is 1.88 bits per heavy atom. The Balaban J connectivity index is 0.00000144. The monoisotopic (exact) mass is 260 g/mol. The van der Waals surface area contributed by atoms with E-state index in [0.29, 0.717) is 12.0 Å². The van der Waals surface area contributed by atoms with Gasteiger partial charge in [-0.15, -0.1) is 12.4 Å². The van der Waals surface area contributed by atoms with E-state index in [1.54, 1.807) is 0 Å². The van der Waals surface area contributed by atoms with E-state index in [4.69, 9.17) is 5.73 Å². The average Bonchev–Trinajstić information content (AvgIpc) is 2.58. The lowest BCUT2D eigenvalue weighted by Gasteiger charge is -2.31. The van der Waals surface area contributed by atoms with Crippen molar-refractivity contribution in [1.82, 2.24) is 4.90 Å². The molecule has 0 amide bonds. The summed E-state index contributed by atoms with van der Waals surface area (Å²) in [5.41, 5.74) is 6.09. The molecule has 0 aromatic rings. The van der Waals surface area contributed by atoms with E-state index in [9.17, 15) is 0 Å². The molecule has 17 heavy (non-hydrogen) atoms. The van der Waals surface area contributed by atoms with Crippen LogP contribution >= 0.6 is 12.4 Å². The van der Waals surface area contributed by atoms with Gasteiger partial charge in [-0.05, 0) is 30.6 Å². The molecule has 2 rings (SSSR count). The Morgan fingerprint density at radius 1 is 1.18 bits per heavy atom. The first-order valence-corrected chi connectivity index (χ1v) is 7.17. The van der Waals surface area contributed by atoms with Crippen LogP contribution in [0.1, 0.15) is 46.0 Å². The molecule has 2 nitrogen and oxygen atoms in total. The lowest BCUT2D eigenvalue weighted by atomic mass is 9.80. The van der Waals surface area contributed by atoms with Crippen molar-refractivity contribution in [2.75, 3.05) is 19.6 Å². The Labute approximate surface area is 113 Å². The lowest BCUT2D eigenvalue weighted by molar-refractivity contribution is 0.190. The molecule has 1 aliphatic carbocycles. The summed E-state index contributed by atoms with van der Waals surface area (Å²) in [7, 11) is 0. The summed E-state index contributed by atoms with van der Waals surface area (Å²) in [5, 5.41) is 0. The van der Waals surface area contributed by atoms with Gasteiger partial charge in [0.25, 0.3) is 0 Å². The van der Waals surface area contributed by atoms with Gasteiger partial charge in [0.1, 0.15) is 0 Å². The van der Waals surface area contributed by atoms with Crippen molar-refractivity contribution in [1.29, 1.82) is 0 Å². The maximum atomic E-state index is 6.09. The van der Waals surface area contributed by atoms with Crippen LogP contribution in [0.25, 0.3) is 0 Å². The Hall–Kier alpha value is 0.210. The second-order valence-electron chi connectivity index (χ2n) is 6.17. The zero-order valence-corrected chi connectivity index (χ0v) is 12.2. The fourth-order valence-electron chi connectivity index (χ4n) is 3.55. The Morgan fingerprint density at radius 3 is 2.47 bits per heavy atom. The van der Waals surface area contributed by atoms with Crippen LogP contribution in [-0.4, -0.2) is 30.6 Å². The van der Waals surface area contributed by atoms with Gasteiger partial charge in [-0.2, -0.15) is 0 Å². The molecule has 102 valence electrons. The van der Waals surface area contributed by atoms with Gasteiger partial charge in [-0.1, -0.05) is 33.1 Å². The zero-order chi connectivity index (χ0) is 11.5. The van der Waals surface area contributed by atoms with Crippen molar-refractivity contribution in [3.05, 3.63) is 0 Å². The predicted molar refractivity (Wildman–Crippen MR) is 76.6 cm³/mol. The van der Waals surface area contributed by atoms with Gasteiger partial charge in [0, 0.05) is 25.7 Å². The number of nitrogens with two attached hydrogens (primary N) is 1. The number of nitrogens with zero attached hydrogens (tertiary/aromatic N) is 1. The summed E-state index contributed by atoms with van der Waals surface area (Å²) in [6.45, 7) is 8.32. The first-order chi connectivity index (χ1) is 7.69. The van der Waals surface area contributed by atoms with Crippen LogP contribution in [-0.2, 0) is 0 Å². The molecule has 3 heteroatoms. The smallest absolute Gasteiger partial charge is 0.0206 e. The quantitative estimate of drug-likeness (QED) is 0.846. The maximum Gasteiger partial charge on any atom is 0.0206 e. The SMILES string of the molecule is CCC1CCCC(CN2CC(C)C(N)C2)C1.Cl. The number of hydrogen-bond donors (Lipinski definition) is 1. The van der Waals surface area contributed by atoms with E-state index < -0.39 is 0 Å². The van der Waals surface area contributed by atoms with Gasteiger partial charge in [-0.3, -0.25) is 0 Å². The number of rotatable bonds is 3. The van der Waals surface area contributed by atoms with Crippen LogP contribution in [0.4, 0.5) is 0 Å². The molecule has 1 heterocycles. The van der Waals surface area contributed by atoms with E-state index >= 15 is 0 Å². The third-order valence-electron chi connectivity index (χ3n) is 4.73. The molecule has 0 aromatic carbocycles. The van der Waals surface area contributed by atoms with E-state index in [0.717, 1.165) is 18.4 Å². The highest BCUT2D eigenvalue weighted by Gasteiger charge is 2.29. The minimum Gasteiger partial charge on any atom is -0.326 e. The van der Waals surface area contributed by atoms with Crippen molar-refractivity contribution in [3.8, 4) is 0 Å². The van der Waals surface area contributed by atoms with Gasteiger partial charge in [0.2, 0.25) is 0 Å². The highest BCUT2D eigenvalue weighted by atomic mass is 35.5. The van der Waals surface area contributed by atoms with Gasteiger partial charge in [0.15, 0.2) is 0 Å². The molecule has 1 aliphatic heterocycles. The Kier molecular flexibility index (Phi) is 6.25. The van der Waals surface area contributed by atoms with Gasteiger partial charge < -0.3 is 10.6 Å². The van der Waals surface area contributed by atoms with Crippen LogP contribution in [0.5, 0.6) is 0 Å². The molecule has 2 N–H and O–H groups in total. The van der Waals surface area contributed by atoms with Crippen molar-refractivity contribution in [3.63, 3.8) is 0 Å². The van der Waals surface area contributed by atoms with Crippen molar-refractivity contribution in [2.24, 2.45) is 23.5 Å². The molecule has 4 atom stereocenters. The molecule has 0 radical (unpaired) electrons. The predicted octanol–water partition coefficient (Wildman–Crippen LogP) is 2.90. The van der Waals surface area contributed by atoms with Crippen molar-refractivity contribution in [2.45, 2.75) is 52.0 Å². The normalized spacial score (nSPS) is 39.0. The molecule has 4 unspecified atom stereocenters. The highest BCUT2D eigenvalue weighted by Crippen LogP contribution is 2.32. The third kappa shape index (κ3) is 4.11. The van der Waals surface area contributed by atoms with Gasteiger partial charge in [0.05, 0.1) is 0 Å². The van der Waals surface area contributed by atoms with E-state index in [2.05, 4.69) is 18.7 Å². The van der Waals surface area contributed by atoms with Gasteiger partial charge >= 0.3 is 0 Å². The number of halogens is 1. The van der Waals surface area contributed by atoms with E-state index in [1.807, 2.05) is 0 Å². The molecule has 2 fully saturated rings. The molecule has 2 aliphatic rings. The lowest BCUT2D eigenvalue weighted by Crippen LogP contribution is -2.32. The van der Waals surface area contributed by atoms with Crippen molar-refractivity contribution < 1.29 is 0 Å². The largest absolute Gasteiger partial charge is 0.326 e. The zero-order valence-electron chi connectivity index (χ0n) is 11.4. The summed E-state index contributed by atoms with van der Waals surface area (Å²) >= 11 is 0. The summed E-state index contributed by atoms with van der Waals surface area (Å²) < 4.78 is 0. The second kappa shape index (κ2) is 6.96. The Bertz CT molecular complexity index is 212. The highest BCUT2D eigenvalue weighted by molar-refractivity contribution is 5.85. The second-order valence-corrected chi connectivity index (χ2v) is 6.17. The molecular weight excluding hydrogens is 232 g/mol. The summed E-state index contributed by atoms with van der Waals surface area (Å²) in [5.74, 6) is 2.66. The molecule has 0 spiro atoms. The van der Waals surface area contributed by atoms with Crippen molar-refractivity contribution >= 4 is 12.4 Å². The third-order valence-corrected chi connectivity index (χ3v) is 4.73. The molecule has 0 aromatic heterocycles. The molecule has 0 bridgehead atoms. The first kappa shape index (κ1) is 15.3. The summed E-state index contributed by atoms with van der Waals surface area (Å²) in [6, 6.07) is 0.422. The van der Waals surface area contributed by atoms with Crippen LogP contribution in [0.3, 0.4) is 0 Å². The number of hydrogen-bond acceptors (Lipinski definition) is 2. The van der Waals surface area contributed by atoms with Crippen LogP contribution < -0.4 is 5.73 Å². The van der Waals surface area contributed by atoms with E-state index in [-0.39, 0.29) is 12.4 Å². The fraction of sp³-hybridized carbons (Fsp3) is 1.00. The fourth-order valence-corrected chi connectivity index (χ4v) is 3.55. The van der Waals surface area contributed by atoms with Crippen LogP contribution in [0.15, 0.2) is 0 Å². The maximum absolute atomic E-state index is 6.09. The van der Waals surface area contributed by atoms with Gasteiger partial charge in [-0.25, -0.2) is 0 Å². The first-order valence-electron chi connectivity index (χ1n) is 7.17. The topological polar surface area (TPSA) is 29.3 Å². The molecular formula is C14H29ClN2. The molecule has 1 saturated carbocycles. The summed E-state index contributed by atoms with van der Waals surface area (Å²) in [6.07, 6.45) is 7.24. The summed E-state index contributed by atoms with van der Waals surface area (Å²) in [4.78, 5) is 2.61.